The van der Waals surface area contributed by atoms with Crippen molar-refractivity contribution in [1.29, 1.82) is 0 Å². The van der Waals surface area contributed by atoms with Crippen LogP contribution in [0.5, 0.6) is 0 Å². The lowest BCUT2D eigenvalue weighted by atomic mass is 9.87. The molecule has 7 heteroatoms. The molecule has 1 amide bonds. The van der Waals surface area contributed by atoms with Crippen molar-refractivity contribution in [3.05, 3.63) is 0 Å². The number of carbonyl (C=O) groups is 1. The molecular formula is C10H23N3O3S. The molecule has 0 saturated carbocycles. The van der Waals surface area contributed by atoms with E-state index in [9.17, 15) is 13.2 Å². The first-order valence-electron chi connectivity index (χ1n) is 5.52. The van der Waals surface area contributed by atoms with Crippen LogP contribution in [0.4, 0.5) is 0 Å². The Morgan fingerprint density at radius 1 is 1.35 bits per heavy atom. The Bertz CT molecular complexity index is 346. The third-order valence-electron chi connectivity index (χ3n) is 2.03. The zero-order chi connectivity index (χ0) is 13.7. The molecule has 17 heavy (non-hydrogen) atoms. The number of primary sulfonamides is 1. The molecule has 102 valence electrons. The first-order valence-corrected chi connectivity index (χ1v) is 7.24. The number of sulfonamides is 1. The van der Waals surface area contributed by atoms with E-state index < -0.39 is 10.0 Å². The molecule has 0 aromatic carbocycles. The Labute approximate surface area is 103 Å². The highest BCUT2D eigenvalue weighted by Crippen LogP contribution is 2.20. The summed E-state index contributed by atoms with van der Waals surface area (Å²) in [6, 6.07) is -0.218. The van der Waals surface area contributed by atoms with Gasteiger partial charge in [0.15, 0.2) is 0 Å². The van der Waals surface area contributed by atoms with Crippen LogP contribution in [-0.2, 0) is 14.8 Å². The van der Waals surface area contributed by atoms with E-state index in [1.807, 2.05) is 20.8 Å². The van der Waals surface area contributed by atoms with Crippen LogP contribution >= 0.6 is 0 Å². The van der Waals surface area contributed by atoms with Gasteiger partial charge in [-0.1, -0.05) is 20.8 Å². The highest BCUT2D eigenvalue weighted by molar-refractivity contribution is 7.89. The molecule has 1 unspecified atom stereocenters. The van der Waals surface area contributed by atoms with Gasteiger partial charge in [-0.2, -0.15) is 0 Å². The van der Waals surface area contributed by atoms with Crippen molar-refractivity contribution in [1.82, 2.24) is 5.32 Å². The van der Waals surface area contributed by atoms with Crippen LogP contribution in [0.15, 0.2) is 0 Å². The normalized spacial score (nSPS) is 14.4. The van der Waals surface area contributed by atoms with Gasteiger partial charge in [-0.3, -0.25) is 4.79 Å². The summed E-state index contributed by atoms with van der Waals surface area (Å²) in [5.41, 5.74) is 5.88. The number of rotatable bonds is 6. The monoisotopic (exact) mass is 265 g/mol. The molecule has 0 aromatic rings. The minimum Gasteiger partial charge on any atom is -0.355 e. The average molecular weight is 265 g/mol. The van der Waals surface area contributed by atoms with Crippen molar-refractivity contribution >= 4 is 15.9 Å². The Kier molecular flexibility index (Phi) is 6.08. The summed E-state index contributed by atoms with van der Waals surface area (Å²) in [7, 11) is -3.52. The summed E-state index contributed by atoms with van der Waals surface area (Å²) in [6.45, 7) is 6.17. The minimum absolute atomic E-state index is 0.0277. The van der Waals surface area contributed by atoms with Gasteiger partial charge in [-0.05, 0) is 11.8 Å². The maximum absolute atomic E-state index is 11.4. The first-order chi connectivity index (χ1) is 7.49. The maximum atomic E-state index is 11.4. The van der Waals surface area contributed by atoms with E-state index in [1.165, 1.54) is 0 Å². The van der Waals surface area contributed by atoms with E-state index in [4.69, 9.17) is 10.9 Å². The maximum Gasteiger partial charge on any atom is 0.221 e. The zero-order valence-electron chi connectivity index (χ0n) is 10.7. The molecule has 0 aromatic heterocycles. The van der Waals surface area contributed by atoms with Crippen molar-refractivity contribution in [2.24, 2.45) is 16.3 Å². The lowest BCUT2D eigenvalue weighted by Gasteiger charge is -2.22. The van der Waals surface area contributed by atoms with Gasteiger partial charge in [0.25, 0.3) is 0 Å². The SMILES string of the molecule is CC(C)(C)CC(N)CC(=O)NCCS(N)(=O)=O. The fourth-order valence-electron chi connectivity index (χ4n) is 1.50. The Hall–Kier alpha value is -0.660. The second-order valence-electron chi connectivity index (χ2n) is 5.45. The molecule has 0 aliphatic rings. The molecule has 0 radical (unpaired) electrons. The highest BCUT2D eigenvalue weighted by Gasteiger charge is 2.18. The molecule has 0 bridgehead atoms. The summed E-state index contributed by atoms with van der Waals surface area (Å²) in [4.78, 5) is 11.4. The smallest absolute Gasteiger partial charge is 0.221 e. The standard InChI is InChI=1S/C10H23N3O3S/c1-10(2,3)7-8(11)6-9(14)13-4-5-17(12,15)16/h8H,4-7,11H2,1-3H3,(H,13,14)(H2,12,15,16). The topological polar surface area (TPSA) is 115 Å². The van der Waals surface area contributed by atoms with Crippen molar-refractivity contribution in [2.75, 3.05) is 12.3 Å². The Balaban J connectivity index is 3.87. The average Bonchev–Trinajstić information content (AvgIpc) is 1.96. The van der Waals surface area contributed by atoms with Crippen LogP contribution < -0.4 is 16.2 Å². The van der Waals surface area contributed by atoms with Gasteiger partial charge in [0.05, 0.1) is 5.75 Å². The number of hydrogen-bond donors (Lipinski definition) is 3. The summed E-state index contributed by atoms with van der Waals surface area (Å²) >= 11 is 0. The van der Waals surface area contributed by atoms with Crippen LogP contribution in [0, 0.1) is 5.41 Å². The van der Waals surface area contributed by atoms with Gasteiger partial charge in [-0.15, -0.1) is 0 Å². The van der Waals surface area contributed by atoms with Gasteiger partial charge in [0.1, 0.15) is 0 Å². The molecule has 0 aliphatic heterocycles. The molecule has 0 fully saturated rings. The fraction of sp³-hybridized carbons (Fsp3) is 0.900. The Morgan fingerprint density at radius 2 is 1.88 bits per heavy atom. The largest absolute Gasteiger partial charge is 0.355 e. The zero-order valence-corrected chi connectivity index (χ0v) is 11.5. The molecular weight excluding hydrogens is 242 g/mol. The van der Waals surface area contributed by atoms with E-state index in [0.29, 0.717) is 0 Å². The Morgan fingerprint density at radius 3 is 2.29 bits per heavy atom. The van der Waals surface area contributed by atoms with Crippen LogP contribution in [0.25, 0.3) is 0 Å². The van der Waals surface area contributed by atoms with Crippen LogP contribution in [0.1, 0.15) is 33.6 Å². The van der Waals surface area contributed by atoms with Crippen LogP contribution in [0.2, 0.25) is 0 Å². The van der Waals surface area contributed by atoms with Crippen molar-refractivity contribution in [3.8, 4) is 0 Å². The summed E-state index contributed by atoms with van der Waals surface area (Å²) in [6.07, 6.45) is 0.928. The van der Waals surface area contributed by atoms with Crippen molar-refractivity contribution in [2.45, 2.75) is 39.7 Å². The van der Waals surface area contributed by atoms with Gasteiger partial charge < -0.3 is 11.1 Å². The summed E-state index contributed by atoms with van der Waals surface area (Å²) < 4.78 is 21.2. The van der Waals surface area contributed by atoms with Crippen molar-refractivity contribution in [3.63, 3.8) is 0 Å². The molecule has 0 saturated heterocycles. The van der Waals surface area contributed by atoms with Gasteiger partial charge in [0, 0.05) is 19.0 Å². The number of hydrogen-bond acceptors (Lipinski definition) is 4. The van der Waals surface area contributed by atoms with Crippen LogP contribution in [-0.4, -0.2) is 32.7 Å². The molecule has 0 spiro atoms. The second kappa shape index (κ2) is 6.32. The number of nitrogens with one attached hydrogen (secondary N) is 1. The predicted octanol–water partition coefficient (Wildman–Crippen LogP) is -0.455. The molecule has 0 rings (SSSR count). The van der Waals surface area contributed by atoms with E-state index >= 15 is 0 Å². The minimum atomic E-state index is -3.52. The van der Waals surface area contributed by atoms with E-state index in [2.05, 4.69) is 5.32 Å². The highest BCUT2D eigenvalue weighted by atomic mass is 32.2. The number of carbonyl (C=O) groups excluding carboxylic acids is 1. The first kappa shape index (κ1) is 16.3. The number of nitrogens with two attached hydrogens (primary N) is 2. The van der Waals surface area contributed by atoms with Gasteiger partial charge in [-0.25, -0.2) is 13.6 Å². The molecule has 0 aliphatic carbocycles. The molecule has 6 nitrogen and oxygen atoms in total. The van der Waals surface area contributed by atoms with Gasteiger partial charge >= 0.3 is 0 Å². The van der Waals surface area contributed by atoms with Gasteiger partial charge in [0.2, 0.25) is 15.9 Å². The fourth-order valence-corrected chi connectivity index (χ4v) is 1.89. The molecule has 0 heterocycles. The van der Waals surface area contributed by atoms with E-state index in [0.717, 1.165) is 6.42 Å². The summed E-state index contributed by atoms with van der Waals surface area (Å²) in [5.74, 6) is -0.502. The predicted molar refractivity (Wildman–Crippen MR) is 67.6 cm³/mol. The quantitative estimate of drug-likeness (QED) is 0.603. The third kappa shape index (κ3) is 11.6. The van der Waals surface area contributed by atoms with E-state index in [1.54, 1.807) is 0 Å². The number of amides is 1. The lowest BCUT2D eigenvalue weighted by molar-refractivity contribution is -0.121. The molecule has 1 atom stereocenters. The molecule has 5 N–H and O–H groups in total. The summed E-state index contributed by atoms with van der Waals surface area (Å²) in [5, 5.41) is 7.28. The van der Waals surface area contributed by atoms with E-state index in [-0.39, 0.29) is 36.1 Å². The third-order valence-corrected chi connectivity index (χ3v) is 2.80. The van der Waals surface area contributed by atoms with Crippen molar-refractivity contribution < 1.29 is 13.2 Å². The lowest BCUT2D eigenvalue weighted by Crippen LogP contribution is -2.36. The second-order valence-corrected chi connectivity index (χ2v) is 7.18. The van der Waals surface area contributed by atoms with Crippen LogP contribution in [0.3, 0.4) is 0 Å².